The zero-order valence-electron chi connectivity index (χ0n) is 17.1. The second-order valence-electron chi connectivity index (χ2n) is 6.32. The highest BCUT2D eigenvalue weighted by Crippen LogP contribution is 2.21. The van der Waals surface area contributed by atoms with E-state index in [1.807, 2.05) is 30.3 Å². The van der Waals surface area contributed by atoms with Gasteiger partial charge >= 0.3 is 0 Å². The lowest BCUT2D eigenvalue weighted by Gasteiger charge is -2.24. The molecular formula is C22H29N3O3. The van der Waals surface area contributed by atoms with Crippen LogP contribution in [0.3, 0.4) is 0 Å². The highest BCUT2D eigenvalue weighted by Gasteiger charge is 2.14. The molecule has 0 heterocycles. The van der Waals surface area contributed by atoms with Gasteiger partial charge < -0.3 is 19.9 Å². The van der Waals surface area contributed by atoms with E-state index >= 15 is 0 Å². The van der Waals surface area contributed by atoms with Crippen molar-refractivity contribution in [3.63, 3.8) is 0 Å². The number of carbonyl (C=O) groups is 2. The van der Waals surface area contributed by atoms with Crippen molar-refractivity contribution >= 4 is 23.2 Å². The molecule has 2 aromatic carbocycles. The van der Waals surface area contributed by atoms with Gasteiger partial charge in [-0.2, -0.15) is 0 Å². The first-order chi connectivity index (χ1) is 13.5. The van der Waals surface area contributed by atoms with Crippen LogP contribution in [-0.2, 0) is 4.79 Å². The molecule has 0 aliphatic carbocycles. The molecule has 0 radical (unpaired) electrons. The SMILES string of the molecule is CCN(CC)c1ccc(N(CCNC(=O)c2ccccc2OC)C(C)=O)cc1. The van der Waals surface area contributed by atoms with E-state index in [9.17, 15) is 9.59 Å². The normalized spacial score (nSPS) is 10.3. The number of para-hydroxylation sites is 1. The Morgan fingerprint density at radius 3 is 2.14 bits per heavy atom. The van der Waals surface area contributed by atoms with Gasteiger partial charge in [-0.1, -0.05) is 12.1 Å². The van der Waals surface area contributed by atoms with E-state index in [0.29, 0.717) is 24.4 Å². The quantitative estimate of drug-likeness (QED) is 0.722. The van der Waals surface area contributed by atoms with E-state index in [1.165, 1.54) is 14.0 Å². The highest BCUT2D eigenvalue weighted by molar-refractivity contribution is 5.97. The molecule has 1 N–H and O–H groups in total. The molecule has 0 spiro atoms. The standard InChI is InChI=1S/C22H29N3O3/c1-5-24(6-2)18-11-13-19(14-12-18)25(17(3)26)16-15-23-22(27)20-9-7-8-10-21(20)28-4/h7-14H,5-6,15-16H2,1-4H3,(H,23,27). The number of hydrogen-bond donors (Lipinski definition) is 1. The maximum Gasteiger partial charge on any atom is 0.255 e. The summed E-state index contributed by atoms with van der Waals surface area (Å²) >= 11 is 0. The van der Waals surface area contributed by atoms with Crippen LogP contribution in [-0.4, -0.2) is 45.1 Å². The number of ether oxygens (including phenoxy) is 1. The van der Waals surface area contributed by atoms with Gasteiger partial charge in [0.1, 0.15) is 5.75 Å². The molecule has 0 saturated heterocycles. The Morgan fingerprint density at radius 1 is 0.964 bits per heavy atom. The summed E-state index contributed by atoms with van der Waals surface area (Å²) in [6, 6.07) is 15.0. The molecule has 150 valence electrons. The summed E-state index contributed by atoms with van der Waals surface area (Å²) in [5.41, 5.74) is 2.42. The van der Waals surface area contributed by atoms with Gasteiger partial charge in [-0.05, 0) is 50.2 Å². The van der Waals surface area contributed by atoms with Crippen molar-refractivity contribution in [1.29, 1.82) is 0 Å². The van der Waals surface area contributed by atoms with E-state index < -0.39 is 0 Å². The van der Waals surface area contributed by atoms with Crippen LogP contribution in [0.25, 0.3) is 0 Å². The number of hydrogen-bond acceptors (Lipinski definition) is 4. The first-order valence-electron chi connectivity index (χ1n) is 9.56. The van der Waals surface area contributed by atoms with Crippen molar-refractivity contribution < 1.29 is 14.3 Å². The minimum absolute atomic E-state index is 0.0675. The molecule has 0 aliphatic heterocycles. The molecular weight excluding hydrogens is 354 g/mol. The summed E-state index contributed by atoms with van der Waals surface area (Å²) < 4.78 is 5.22. The highest BCUT2D eigenvalue weighted by atomic mass is 16.5. The largest absolute Gasteiger partial charge is 0.496 e. The Hall–Kier alpha value is -3.02. The van der Waals surface area contributed by atoms with Crippen molar-refractivity contribution in [1.82, 2.24) is 5.32 Å². The van der Waals surface area contributed by atoms with Gasteiger partial charge in [0, 0.05) is 44.5 Å². The van der Waals surface area contributed by atoms with Crippen LogP contribution >= 0.6 is 0 Å². The fraction of sp³-hybridized carbons (Fsp3) is 0.364. The molecule has 2 aromatic rings. The number of methoxy groups -OCH3 is 1. The smallest absolute Gasteiger partial charge is 0.255 e. The molecule has 0 fully saturated rings. The molecule has 0 atom stereocenters. The zero-order valence-corrected chi connectivity index (χ0v) is 17.1. The van der Waals surface area contributed by atoms with Crippen molar-refractivity contribution in [2.45, 2.75) is 20.8 Å². The summed E-state index contributed by atoms with van der Waals surface area (Å²) in [6.45, 7) is 8.35. The van der Waals surface area contributed by atoms with E-state index in [0.717, 1.165) is 24.5 Å². The molecule has 2 amide bonds. The van der Waals surface area contributed by atoms with Gasteiger partial charge in [0.05, 0.1) is 12.7 Å². The fourth-order valence-corrected chi connectivity index (χ4v) is 3.11. The van der Waals surface area contributed by atoms with Gasteiger partial charge in [-0.15, -0.1) is 0 Å². The molecule has 0 aliphatic rings. The van der Waals surface area contributed by atoms with Crippen LogP contribution in [0.2, 0.25) is 0 Å². The Morgan fingerprint density at radius 2 is 1.57 bits per heavy atom. The minimum Gasteiger partial charge on any atom is -0.496 e. The third kappa shape index (κ3) is 5.25. The number of rotatable bonds is 9. The zero-order chi connectivity index (χ0) is 20.5. The predicted octanol–water partition coefficient (Wildman–Crippen LogP) is 3.32. The van der Waals surface area contributed by atoms with Gasteiger partial charge in [0.25, 0.3) is 5.91 Å². The second kappa shape index (κ2) is 10.3. The van der Waals surface area contributed by atoms with Crippen LogP contribution < -0.4 is 19.9 Å². The first-order valence-corrected chi connectivity index (χ1v) is 9.56. The molecule has 2 rings (SSSR count). The van der Waals surface area contributed by atoms with E-state index in [-0.39, 0.29) is 11.8 Å². The molecule has 0 saturated carbocycles. The summed E-state index contributed by atoms with van der Waals surface area (Å²) in [6.07, 6.45) is 0. The summed E-state index contributed by atoms with van der Waals surface area (Å²) in [5, 5.41) is 2.86. The maximum atomic E-state index is 12.4. The van der Waals surface area contributed by atoms with Crippen LogP contribution in [0.1, 0.15) is 31.1 Å². The maximum absolute atomic E-state index is 12.4. The Bertz CT molecular complexity index is 786. The average Bonchev–Trinajstić information content (AvgIpc) is 2.72. The van der Waals surface area contributed by atoms with Gasteiger partial charge in [0.15, 0.2) is 0 Å². The fourth-order valence-electron chi connectivity index (χ4n) is 3.11. The summed E-state index contributed by atoms with van der Waals surface area (Å²) in [5.74, 6) is 0.232. The van der Waals surface area contributed by atoms with Gasteiger partial charge in [-0.25, -0.2) is 0 Å². The third-order valence-corrected chi connectivity index (χ3v) is 4.64. The van der Waals surface area contributed by atoms with Crippen LogP contribution in [0.15, 0.2) is 48.5 Å². The topological polar surface area (TPSA) is 61.9 Å². The number of anilines is 2. The molecule has 0 unspecified atom stereocenters. The Labute approximate surface area is 167 Å². The van der Waals surface area contributed by atoms with Crippen LogP contribution in [0.5, 0.6) is 5.75 Å². The van der Waals surface area contributed by atoms with Crippen LogP contribution in [0, 0.1) is 0 Å². The van der Waals surface area contributed by atoms with Gasteiger partial charge in [0.2, 0.25) is 5.91 Å². The number of nitrogens with zero attached hydrogens (tertiary/aromatic N) is 2. The Balaban J connectivity index is 2.01. The monoisotopic (exact) mass is 383 g/mol. The number of benzene rings is 2. The predicted molar refractivity (Wildman–Crippen MR) is 113 cm³/mol. The lowest BCUT2D eigenvalue weighted by Crippen LogP contribution is -2.37. The van der Waals surface area contributed by atoms with E-state index in [4.69, 9.17) is 4.74 Å². The summed E-state index contributed by atoms with van der Waals surface area (Å²) in [4.78, 5) is 28.4. The van der Waals surface area contributed by atoms with E-state index in [2.05, 4.69) is 24.1 Å². The number of amides is 2. The average molecular weight is 383 g/mol. The molecule has 0 aromatic heterocycles. The van der Waals surface area contributed by atoms with Crippen molar-refractivity contribution in [3.05, 3.63) is 54.1 Å². The van der Waals surface area contributed by atoms with E-state index in [1.54, 1.807) is 23.1 Å². The van der Waals surface area contributed by atoms with Crippen molar-refractivity contribution in [2.24, 2.45) is 0 Å². The molecule has 28 heavy (non-hydrogen) atoms. The lowest BCUT2D eigenvalue weighted by atomic mass is 10.2. The Kier molecular flexibility index (Phi) is 7.87. The minimum atomic E-state index is -0.224. The summed E-state index contributed by atoms with van der Waals surface area (Å²) in [7, 11) is 1.53. The van der Waals surface area contributed by atoms with Crippen LogP contribution in [0.4, 0.5) is 11.4 Å². The second-order valence-corrected chi connectivity index (χ2v) is 6.32. The van der Waals surface area contributed by atoms with Gasteiger partial charge in [-0.3, -0.25) is 9.59 Å². The van der Waals surface area contributed by atoms with Crippen molar-refractivity contribution in [2.75, 3.05) is 43.1 Å². The number of nitrogens with one attached hydrogen (secondary N) is 1. The lowest BCUT2D eigenvalue weighted by molar-refractivity contribution is -0.116. The molecule has 0 bridgehead atoms. The first kappa shape index (κ1) is 21.3. The molecule has 6 nitrogen and oxygen atoms in total. The molecule has 6 heteroatoms. The third-order valence-electron chi connectivity index (χ3n) is 4.64. The number of carbonyl (C=O) groups excluding carboxylic acids is 2. The van der Waals surface area contributed by atoms with Crippen molar-refractivity contribution in [3.8, 4) is 5.75 Å².